The van der Waals surface area contributed by atoms with Gasteiger partial charge in [-0.3, -0.25) is 0 Å². The van der Waals surface area contributed by atoms with Crippen molar-refractivity contribution in [2.24, 2.45) is 5.73 Å². The van der Waals surface area contributed by atoms with Gasteiger partial charge in [-0.2, -0.15) is 4.98 Å². The van der Waals surface area contributed by atoms with Crippen LogP contribution in [0.5, 0.6) is 5.75 Å². The second-order valence-electron chi connectivity index (χ2n) is 5.22. The van der Waals surface area contributed by atoms with Crippen molar-refractivity contribution < 1.29 is 17.7 Å². The summed E-state index contributed by atoms with van der Waals surface area (Å²) < 4.78 is 34.6. The summed E-state index contributed by atoms with van der Waals surface area (Å²) in [5.41, 5.74) is 6.86. The lowest BCUT2D eigenvalue weighted by molar-refractivity contribution is 0.368. The Balaban J connectivity index is 2.28. The Labute approximate surface area is 135 Å². The number of nitrogens with zero attached hydrogens (tertiary/aromatic N) is 2. The number of hydrogen-bond acceptors (Lipinski definition) is 7. The topological polar surface area (TPSA) is 108 Å². The summed E-state index contributed by atoms with van der Waals surface area (Å²) in [5, 5.41) is 2.98. The van der Waals surface area contributed by atoms with Crippen molar-refractivity contribution in [3.63, 3.8) is 0 Å². The van der Waals surface area contributed by atoms with Gasteiger partial charge in [-0.1, -0.05) is 30.3 Å². The lowest BCUT2D eigenvalue weighted by Gasteiger charge is -2.12. The Morgan fingerprint density at radius 1 is 1.35 bits per heavy atom. The summed E-state index contributed by atoms with van der Waals surface area (Å²) in [6.07, 6.45) is 0.536. The molecule has 0 amide bonds. The molecule has 0 saturated heterocycles. The molecule has 0 radical (unpaired) electrons. The third kappa shape index (κ3) is 3.70. The maximum Gasteiger partial charge on any atom is 0.244 e. The van der Waals surface area contributed by atoms with Gasteiger partial charge in [0, 0.05) is 5.56 Å². The molecule has 0 spiro atoms. The number of sulfone groups is 1. The van der Waals surface area contributed by atoms with Crippen LogP contribution in [0, 0.1) is 0 Å². The third-order valence-electron chi connectivity index (χ3n) is 3.58. The van der Waals surface area contributed by atoms with Gasteiger partial charge in [0.2, 0.25) is 5.89 Å². The maximum atomic E-state index is 12.1. The van der Waals surface area contributed by atoms with Gasteiger partial charge < -0.3 is 15.0 Å². The molecule has 1 aromatic carbocycles. The van der Waals surface area contributed by atoms with Gasteiger partial charge in [-0.15, -0.1) is 0 Å². The fourth-order valence-electron chi connectivity index (χ4n) is 2.22. The van der Waals surface area contributed by atoms with Gasteiger partial charge in [0.25, 0.3) is 0 Å². The fourth-order valence-corrected chi connectivity index (χ4v) is 3.54. The van der Waals surface area contributed by atoms with Crippen LogP contribution in [0.25, 0.3) is 0 Å². The Morgan fingerprint density at radius 2 is 2.04 bits per heavy atom. The normalized spacial score (nSPS) is 14.4. The van der Waals surface area contributed by atoms with Crippen molar-refractivity contribution in [3.05, 3.63) is 41.5 Å². The number of benzene rings is 1. The van der Waals surface area contributed by atoms with Crippen LogP contribution >= 0.6 is 0 Å². The molecule has 0 bridgehead atoms. The van der Waals surface area contributed by atoms with E-state index in [1.54, 1.807) is 26.2 Å². The first kappa shape index (κ1) is 17.4. The van der Waals surface area contributed by atoms with E-state index >= 15 is 0 Å². The average Bonchev–Trinajstić information content (AvgIpc) is 3.03. The average molecular weight is 339 g/mol. The molecule has 0 saturated carbocycles. The van der Waals surface area contributed by atoms with Crippen molar-refractivity contribution in [2.45, 2.75) is 31.6 Å². The van der Waals surface area contributed by atoms with E-state index in [0.29, 0.717) is 17.7 Å². The minimum atomic E-state index is -3.31. The van der Waals surface area contributed by atoms with E-state index in [1.165, 1.54) is 6.92 Å². The van der Waals surface area contributed by atoms with Crippen LogP contribution < -0.4 is 10.5 Å². The lowest BCUT2D eigenvalue weighted by atomic mass is 10.1. The fraction of sp³-hybridized carbons (Fsp3) is 0.467. The standard InChI is InChI=1S/C15H21N3O4S/c1-4-9-23(19,20)10(2)15-17-14(18-22-15)13(16)11-7-5-6-8-12(11)21-3/h5-8,10,13H,4,9,16H2,1-3H3. The molecule has 2 atom stereocenters. The minimum Gasteiger partial charge on any atom is -0.496 e. The maximum absolute atomic E-state index is 12.1. The highest BCUT2D eigenvalue weighted by Crippen LogP contribution is 2.28. The molecule has 0 aliphatic heterocycles. The molecule has 0 aliphatic rings. The zero-order valence-corrected chi connectivity index (χ0v) is 14.2. The smallest absolute Gasteiger partial charge is 0.244 e. The highest BCUT2D eigenvalue weighted by atomic mass is 32.2. The van der Waals surface area contributed by atoms with E-state index in [-0.39, 0.29) is 17.5 Å². The molecule has 1 heterocycles. The van der Waals surface area contributed by atoms with Crippen molar-refractivity contribution in [1.29, 1.82) is 0 Å². The SMILES string of the molecule is CCCS(=O)(=O)C(C)c1nc(C(N)c2ccccc2OC)no1. The Morgan fingerprint density at radius 3 is 2.70 bits per heavy atom. The lowest BCUT2D eigenvalue weighted by Crippen LogP contribution is -2.16. The molecule has 2 unspecified atom stereocenters. The van der Waals surface area contributed by atoms with Crippen LogP contribution in [0.3, 0.4) is 0 Å². The van der Waals surface area contributed by atoms with E-state index < -0.39 is 21.1 Å². The number of nitrogens with two attached hydrogens (primary N) is 1. The Bertz CT molecular complexity index is 758. The molecule has 2 rings (SSSR count). The van der Waals surface area contributed by atoms with Crippen LogP contribution in [0.2, 0.25) is 0 Å². The second-order valence-corrected chi connectivity index (χ2v) is 7.66. The molecule has 126 valence electrons. The van der Waals surface area contributed by atoms with E-state index in [0.717, 1.165) is 0 Å². The first-order chi connectivity index (χ1) is 10.9. The number of ether oxygens (including phenoxy) is 1. The first-order valence-corrected chi connectivity index (χ1v) is 9.05. The van der Waals surface area contributed by atoms with Crippen molar-refractivity contribution in [3.8, 4) is 5.75 Å². The molecule has 0 fully saturated rings. The van der Waals surface area contributed by atoms with Crippen molar-refractivity contribution in [2.75, 3.05) is 12.9 Å². The van der Waals surface area contributed by atoms with E-state index in [2.05, 4.69) is 10.1 Å². The largest absolute Gasteiger partial charge is 0.496 e. The summed E-state index contributed by atoms with van der Waals surface area (Å²) in [4.78, 5) is 4.17. The van der Waals surface area contributed by atoms with Gasteiger partial charge >= 0.3 is 0 Å². The third-order valence-corrected chi connectivity index (χ3v) is 5.84. The monoisotopic (exact) mass is 339 g/mol. The summed E-state index contributed by atoms with van der Waals surface area (Å²) in [7, 11) is -1.77. The summed E-state index contributed by atoms with van der Waals surface area (Å²) in [5.74, 6) is 0.963. The van der Waals surface area contributed by atoms with Gasteiger partial charge in [-0.05, 0) is 19.4 Å². The molecule has 1 aromatic heterocycles. The van der Waals surface area contributed by atoms with E-state index in [4.69, 9.17) is 15.0 Å². The zero-order valence-electron chi connectivity index (χ0n) is 13.4. The van der Waals surface area contributed by atoms with Gasteiger partial charge in [0.05, 0.1) is 18.9 Å². The molecular formula is C15H21N3O4S. The van der Waals surface area contributed by atoms with Crippen LogP contribution in [0.15, 0.2) is 28.8 Å². The summed E-state index contributed by atoms with van der Waals surface area (Å²) >= 11 is 0. The summed E-state index contributed by atoms with van der Waals surface area (Å²) in [6.45, 7) is 3.35. The van der Waals surface area contributed by atoms with Crippen LogP contribution in [0.1, 0.15) is 48.8 Å². The summed E-state index contributed by atoms with van der Waals surface area (Å²) in [6, 6.07) is 6.58. The van der Waals surface area contributed by atoms with E-state index in [9.17, 15) is 8.42 Å². The predicted octanol–water partition coefficient (Wildman–Crippen LogP) is 2.01. The molecule has 23 heavy (non-hydrogen) atoms. The van der Waals surface area contributed by atoms with Gasteiger partial charge in [0.1, 0.15) is 11.0 Å². The van der Waals surface area contributed by atoms with Crippen LogP contribution in [0.4, 0.5) is 0 Å². The molecule has 8 heteroatoms. The number of hydrogen-bond donors (Lipinski definition) is 1. The number of methoxy groups -OCH3 is 1. The molecular weight excluding hydrogens is 318 g/mol. The van der Waals surface area contributed by atoms with Gasteiger partial charge in [-0.25, -0.2) is 8.42 Å². The highest BCUT2D eigenvalue weighted by molar-refractivity contribution is 7.91. The molecule has 0 aliphatic carbocycles. The van der Waals surface area contributed by atoms with Crippen LogP contribution in [-0.4, -0.2) is 31.4 Å². The van der Waals surface area contributed by atoms with Crippen molar-refractivity contribution >= 4 is 9.84 Å². The number of rotatable bonds is 7. The van der Waals surface area contributed by atoms with Crippen LogP contribution in [-0.2, 0) is 9.84 Å². The Hall–Kier alpha value is -1.93. The predicted molar refractivity (Wildman–Crippen MR) is 85.8 cm³/mol. The highest BCUT2D eigenvalue weighted by Gasteiger charge is 2.29. The quantitative estimate of drug-likeness (QED) is 0.822. The molecule has 2 N–H and O–H groups in total. The molecule has 7 nitrogen and oxygen atoms in total. The minimum absolute atomic E-state index is 0.0544. The van der Waals surface area contributed by atoms with E-state index in [1.807, 2.05) is 12.1 Å². The first-order valence-electron chi connectivity index (χ1n) is 7.34. The Kier molecular flexibility index (Phi) is 5.38. The zero-order chi connectivity index (χ0) is 17.0. The van der Waals surface area contributed by atoms with Crippen molar-refractivity contribution in [1.82, 2.24) is 10.1 Å². The number of para-hydroxylation sites is 1. The second kappa shape index (κ2) is 7.10. The van der Waals surface area contributed by atoms with Gasteiger partial charge in [0.15, 0.2) is 15.7 Å². The molecule has 2 aromatic rings. The number of aromatic nitrogens is 2.